The first-order valence-electron chi connectivity index (χ1n) is 13.5. The third-order valence-electron chi connectivity index (χ3n) is 7.16. The van der Waals surface area contributed by atoms with Gasteiger partial charge in [-0.25, -0.2) is 9.78 Å². The van der Waals surface area contributed by atoms with Crippen LogP contribution in [-0.4, -0.2) is 67.8 Å². The number of carbonyl (C=O) groups excluding carboxylic acids is 2. The lowest BCUT2D eigenvalue weighted by Gasteiger charge is -2.33. The summed E-state index contributed by atoms with van der Waals surface area (Å²) in [4.78, 5) is 47.5. The van der Waals surface area contributed by atoms with E-state index in [1.807, 2.05) is 49.9 Å². The predicted octanol–water partition coefficient (Wildman–Crippen LogP) is 4.04. The Morgan fingerprint density at radius 3 is 2.67 bits per heavy atom. The van der Waals surface area contributed by atoms with Crippen LogP contribution in [0.25, 0.3) is 33.6 Å². The zero-order chi connectivity index (χ0) is 28.8. The summed E-state index contributed by atoms with van der Waals surface area (Å²) in [5, 5.41) is 3.81. The smallest absolute Gasteiger partial charge is 0.407 e. The van der Waals surface area contributed by atoms with Crippen LogP contribution < -0.4 is 15.6 Å². The van der Waals surface area contributed by atoms with Crippen molar-refractivity contribution in [2.45, 2.75) is 58.7 Å². The van der Waals surface area contributed by atoms with E-state index in [4.69, 9.17) is 14.5 Å². The molecular formula is C29H36N6O5. The van der Waals surface area contributed by atoms with E-state index in [0.29, 0.717) is 42.3 Å². The summed E-state index contributed by atoms with van der Waals surface area (Å²) in [6.45, 7) is 9.08. The van der Waals surface area contributed by atoms with Crippen molar-refractivity contribution in [2.75, 3.05) is 20.2 Å². The van der Waals surface area contributed by atoms with Crippen molar-refractivity contribution in [2.24, 2.45) is 7.05 Å². The molecular weight excluding hydrogens is 512 g/mol. The fraction of sp³-hybridized carbons (Fsp3) is 0.448. The monoisotopic (exact) mass is 548 g/mol. The number of aromatic amines is 1. The molecule has 0 spiro atoms. The van der Waals surface area contributed by atoms with Gasteiger partial charge in [-0.05, 0) is 64.8 Å². The summed E-state index contributed by atoms with van der Waals surface area (Å²) in [5.41, 5.74) is 2.68. The Hall–Kier alpha value is -4.28. The highest BCUT2D eigenvalue weighted by atomic mass is 16.6. The molecule has 1 aromatic carbocycles. The highest BCUT2D eigenvalue weighted by Gasteiger charge is 2.28. The topological polar surface area (TPSA) is 123 Å². The molecule has 0 radical (unpaired) electrons. The van der Waals surface area contributed by atoms with E-state index in [-0.39, 0.29) is 17.5 Å². The summed E-state index contributed by atoms with van der Waals surface area (Å²) in [6.07, 6.45) is 1.05. The van der Waals surface area contributed by atoms with Gasteiger partial charge in [0.25, 0.3) is 5.91 Å². The molecule has 1 unspecified atom stereocenters. The number of imidazole rings is 1. The summed E-state index contributed by atoms with van der Waals surface area (Å²) in [7, 11) is 3.48. The van der Waals surface area contributed by atoms with Crippen molar-refractivity contribution < 1.29 is 19.1 Å². The van der Waals surface area contributed by atoms with E-state index in [1.165, 1.54) is 6.07 Å². The summed E-state index contributed by atoms with van der Waals surface area (Å²) >= 11 is 0. The Morgan fingerprint density at radius 2 is 1.98 bits per heavy atom. The number of piperidine rings is 1. The molecule has 4 heterocycles. The molecule has 2 N–H and O–H groups in total. The van der Waals surface area contributed by atoms with Crippen LogP contribution in [0.4, 0.5) is 4.79 Å². The summed E-state index contributed by atoms with van der Waals surface area (Å²) in [6, 6.07) is 8.65. The molecule has 11 heteroatoms. The number of aryl methyl sites for hydroxylation is 2. The largest absolute Gasteiger partial charge is 0.494 e. The Morgan fingerprint density at radius 1 is 1.20 bits per heavy atom. The number of H-pyrrole nitrogens is 1. The number of nitrogens with zero attached hydrogens (tertiary/aromatic N) is 4. The molecule has 212 valence electrons. The summed E-state index contributed by atoms with van der Waals surface area (Å²) in [5.74, 6) is 1.08. The number of ether oxygens (including phenoxy) is 2. The van der Waals surface area contributed by atoms with Crippen molar-refractivity contribution in [1.29, 1.82) is 0 Å². The van der Waals surface area contributed by atoms with Gasteiger partial charge in [-0.1, -0.05) is 0 Å². The fourth-order valence-electron chi connectivity index (χ4n) is 5.43. The number of pyridine rings is 1. The van der Waals surface area contributed by atoms with Gasteiger partial charge in [-0.15, -0.1) is 0 Å². The number of carbonyl (C=O) groups is 2. The molecule has 11 nitrogen and oxygen atoms in total. The van der Waals surface area contributed by atoms with Gasteiger partial charge in [0.1, 0.15) is 22.5 Å². The average Bonchev–Trinajstić information content (AvgIpc) is 3.43. The third kappa shape index (κ3) is 5.15. The number of amides is 2. The number of alkyl carbamates (subject to hydrolysis) is 1. The minimum absolute atomic E-state index is 0.150. The minimum atomic E-state index is -0.593. The maximum atomic E-state index is 13.6. The quantitative estimate of drug-likeness (QED) is 0.388. The van der Waals surface area contributed by atoms with E-state index < -0.39 is 11.7 Å². The maximum absolute atomic E-state index is 13.6. The van der Waals surface area contributed by atoms with Gasteiger partial charge in [0, 0.05) is 49.7 Å². The van der Waals surface area contributed by atoms with Gasteiger partial charge in [0.2, 0.25) is 5.56 Å². The number of fused-ring (bicyclic) bond motifs is 2. The van der Waals surface area contributed by atoms with Crippen LogP contribution in [0.2, 0.25) is 0 Å². The van der Waals surface area contributed by atoms with Crippen LogP contribution in [0.1, 0.15) is 50.9 Å². The molecule has 40 heavy (non-hydrogen) atoms. The Kier molecular flexibility index (Phi) is 7.07. The first-order valence-corrected chi connectivity index (χ1v) is 13.5. The van der Waals surface area contributed by atoms with Crippen LogP contribution in [0, 0.1) is 0 Å². The molecule has 1 saturated heterocycles. The van der Waals surface area contributed by atoms with Crippen molar-refractivity contribution in [3.63, 3.8) is 0 Å². The van der Waals surface area contributed by atoms with Crippen molar-refractivity contribution in [3.05, 3.63) is 46.2 Å². The molecule has 0 saturated carbocycles. The Balaban J connectivity index is 1.47. The number of methoxy groups -OCH3 is 1. The zero-order valence-corrected chi connectivity index (χ0v) is 23.8. The first-order chi connectivity index (χ1) is 19.0. The number of nitrogens with one attached hydrogen (secondary N) is 2. The van der Waals surface area contributed by atoms with E-state index in [0.717, 1.165) is 35.1 Å². The molecule has 1 fully saturated rings. The number of rotatable bonds is 5. The number of benzene rings is 1. The molecule has 1 aliphatic rings. The third-order valence-corrected chi connectivity index (χ3v) is 7.16. The Labute approximate surface area is 232 Å². The van der Waals surface area contributed by atoms with Gasteiger partial charge in [0.05, 0.1) is 18.3 Å². The van der Waals surface area contributed by atoms with Crippen molar-refractivity contribution >= 4 is 34.1 Å². The molecule has 4 aromatic rings. The van der Waals surface area contributed by atoms with Crippen LogP contribution in [0.15, 0.2) is 35.1 Å². The Bertz CT molecular complexity index is 1660. The van der Waals surface area contributed by atoms with Gasteiger partial charge in [-0.2, -0.15) is 0 Å². The van der Waals surface area contributed by atoms with Crippen LogP contribution in [0.3, 0.4) is 0 Å². The zero-order valence-electron chi connectivity index (χ0n) is 23.8. The van der Waals surface area contributed by atoms with Gasteiger partial charge < -0.3 is 33.8 Å². The molecule has 1 aliphatic heterocycles. The fourth-order valence-corrected chi connectivity index (χ4v) is 5.43. The van der Waals surface area contributed by atoms with Crippen molar-refractivity contribution in [1.82, 2.24) is 29.3 Å². The van der Waals surface area contributed by atoms with Crippen molar-refractivity contribution in [3.8, 4) is 17.3 Å². The number of hydrogen-bond donors (Lipinski definition) is 2. The first kappa shape index (κ1) is 27.3. The van der Waals surface area contributed by atoms with Crippen LogP contribution >= 0.6 is 0 Å². The predicted molar refractivity (Wildman–Crippen MR) is 153 cm³/mol. The van der Waals surface area contributed by atoms with E-state index >= 15 is 0 Å². The maximum Gasteiger partial charge on any atom is 0.407 e. The molecule has 2 amide bonds. The SMILES string of the molecule is CCn1c(-c2nc3cc(C(=O)N4CCCC(NC(=O)OC(C)(C)C)C4)cc(OC)c3n2C)cc2ccc(=O)[nH]c21. The minimum Gasteiger partial charge on any atom is -0.494 e. The van der Waals surface area contributed by atoms with Crippen LogP contribution in [-0.2, 0) is 18.3 Å². The van der Waals surface area contributed by atoms with Gasteiger partial charge in [0.15, 0.2) is 5.82 Å². The highest BCUT2D eigenvalue weighted by Crippen LogP contribution is 2.34. The van der Waals surface area contributed by atoms with Gasteiger partial charge >= 0.3 is 6.09 Å². The second kappa shape index (κ2) is 10.4. The lowest BCUT2D eigenvalue weighted by atomic mass is 10.0. The molecule has 1 atom stereocenters. The number of likely N-dealkylation sites (tertiary alicyclic amines) is 1. The average molecular weight is 549 g/mol. The summed E-state index contributed by atoms with van der Waals surface area (Å²) < 4.78 is 15.1. The second-order valence-corrected chi connectivity index (χ2v) is 11.2. The van der Waals surface area contributed by atoms with Crippen LogP contribution in [0.5, 0.6) is 5.75 Å². The number of aromatic nitrogens is 4. The highest BCUT2D eigenvalue weighted by molar-refractivity contribution is 6.00. The van der Waals surface area contributed by atoms with E-state index in [2.05, 4.69) is 10.3 Å². The standard InChI is InChI=1S/C29H36N6O5/c1-7-35-21(14-17-10-11-23(36)32-25(17)35)26-31-20-13-18(15-22(39-6)24(20)33(26)5)27(37)34-12-8-9-19(16-34)30-28(38)40-29(2,3)4/h10-11,13-15,19H,7-9,12,16H2,1-6H3,(H,30,38)(H,32,36). The molecule has 0 bridgehead atoms. The van der Waals surface area contributed by atoms with E-state index in [9.17, 15) is 14.4 Å². The normalized spacial score (nSPS) is 15.9. The number of hydrogen-bond acceptors (Lipinski definition) is 6. The molecule has 3 aromatic heterocycles. The molecule has 5 rings (SSSR count). The lowest BCUT2D eigenvalue weighted by Crippen LogP contribution is -2.50. The van der Waals surface area contributed by atoms with Gasteiger partial charge in [-0.3, -0.25) is 9.59 Å². The lowest BCUT2D eigenvalue weighted by molar-refractivity contribution is 0.0452. The van der Waals surface area contributed by atoms with E-state index in [1.54, 1.807) is 30.2 Å². The second-order valence-electron chi connectivity index (χ2n) is 11.2. The molecule has 0 aliphatic carbocycles.